The second kappa shape index (κ2) is 9.24. The number of methoxy groups -OCH3 is 2. The van der Waals surface area contributed by atoms with Crippen molar-refractivity contribution in [3.63, 3.8) is 0 Å². The molecule has 0 N–H and O–H groups in total. The monoisotopic (exact) mass is 362 g/mol. The molecule has 0 unspecified atom stereocenters. The average Bonchev–Trinajstić information content (AvgIpc) is 3.52. The molecule has 1 saturated carbocycles. The zero-order chi connectivity index (χ0) is 18.4. The smallest absolute Gasteiger partial charge is 0.225 e. The van der Waals surface area contributed by atoms with Crippen molar-refractivity contribution in [1.29, 1.82) is 0 Å². The number of carbonyl (C=O) groups is 1. The summed E-state index contributed by atoms with van der Waals surface area (Å²) in [6.07, 6.45) is 3.06. The Labute approximate surface area is 156 Å². The molecule has 0 aromatic heterocycles. The quantitative estimate of drug-likeness (QED) is 0.674. The summed E-state index contributed by atoms with van der Waals surface area (Å²) < 4.78 is 16.1. The van der Waals surface area contributed by atoms with E-state index in [2.05, 4.69) is 4.90 Å². The summed E-state index contributed by atoms with van der Waals surface area (Å²) in [6.45, 7) is 6.05. The fourth-order valence-corrected chi connectivity index (χ4v) is 3.36. The average molecular weight is 362 g/mol. The third-order valence-corrected chi connectivity index (χ3v) is 5.07. The van der Waals surface area contributed by atoms with E-state index in [9.17, 15) is 4.79 Å². The molecule has 6 nitrogen and oxygen atoms in total. The lowest BCUT2D eigenvalue weighted by atomic mass is 10.1. The number of nitrogens with zero attached hydrogens (tertiary/aromatic N) is 2. The molecule has 0 radical (unpaired) electrons. The van der Waals surface area contributed by atoms with Crippen molar-refractivity contribution in [3.8, 4) is 11.5 Å². The van der Waals surface area contributed by atoms with E-state index < -0.39 is 0 Å². The van der Waals surface area contributed by atoms with Crippen molar-refractivity contribution >= 4 is 5.91 Å². The van der Waals surface area contributed by atoms with Crippen LogP contribution in [0.25, 0.3) is 0 Å². The van der Waals surface area contributed by atoms with Gasteiger partial charge in [0, 0.05) is 38.6 Å². The molecule has 1 heterocycles. The molecule has 1 aromatic carbocycles. The van der Waals surface area contributed by atoms with Crippen LogP contribution in [0.2, 0.25) is 0 Å². The maximum atomic E-state index is 12.7. The topological polar surface area (TPSA) is 51.2 Å². The third-order valence-electron chi connectivity index (χ3n) is 5.07. The van der Waals surface area contributed by atoms with Gasteiger partial charge in [0.2, 0.25) is 5.91 Å². The number of carbonyl (C=O) groups excluding carboxylic acids is 1. The molecular weight excluding hydrogens is 332 g/mol. The second-order valence-electron chi connectivity index (χ2n) is 7.03. The number of rotatable bonds is 9. The standard InChI is InChI=1S/C20H30N2O4/c1-24-18-7-4-16(14-19(18)25-2)15-22(20(23)17-5-6-17)9-3-8-21-10-12-26-13-11-21/h4,7,14,17H,3,5-6,8-13,15H2,1-2H3. The first-order valence-corrected chi connectivity index (χ1v) is 9.51. The zero-order valence-corrected chi connectivity index (χ0v) is 15.9. The molecule has 2 fully saturated rings. The Morgan fingerprint density at radius 2 is 1.92 bits per heavy atom. The highest BCUT2D eigenvalue weighted by Crippen LogP contribution is 2.32. The van der Waals surface area contributed by atoms with E-state index in [1.807, 2.05) is 23.1 Å². The van der Waals surface area contributed by atoms with Gasteiger partial charge in [0.25, 0.3) is 0 Å². The Hall–Kier alpha value is -1.79. The van der Waals surface area contributed by atoms with Crippen LogP contribution in [0.1, 0.15) is 24.8 Å². The maximum absolute atomic E-state index is 12.7. The van der Waals surface area contributed by atoms with Crippen molar-refractivity contribution in [2.45, 2.75) is 25.8 Å². The summed E-state index contributed by atoms with van der Waals surface area (Å²) in [4.78, 5) is 17.1. The summed E-state index contributed by atoms with van der Waals surface area (Å²) in [7, 11) is 3.27. The SMILES string of the molecule is COc1ccc(CN(CCCN2CCOCC2)C(=O)C2CC2)cc1OC. The molecule has 1 aliphatic carbocycles. The van der Waals surface area contributed by atoms with E-state index in [1.165, 1.54) is 0 Å². The molecular formula is C20H30N2O4. The lowest BCUT2D eigenvalue weighted by Crippen LogP contribution is -2.39. The molecule has 1 aliphatic heterocycles. The minimum atomic E-state index is 0.235. The zero-order valence-electron chi connectivity index (χ0n) is 15.9. The summed E-state index contributed by atoms with van der Waals surface area (Å²) >= 11 is 0. The van der Waals surface area contributed by atoms with Gasteiger partial charge >= 0.3 is 0 Å². The molecule has 1 aromatic rings. The van der Waals surface area contributed by atoms with Crippen LogP contribution in [0.5, 0.6) is 11.5 Å². The Kier molecular flexibility index (Phi) is 6.74. The molecule has 3 rings (SSSR count). The fraction of sp³-hybridized carbons (Fsp3) is 0.650. The van der Waals surface area contributed by atoms with Crippen LogP contribution >= 0.6 is 0 Å². The lowest BCUT2D eigenvalue weighted by molar-refractivity contribution is -0.133. The van der Waals surface area contributed by atoms with Gasteiger partial charge in [0.05, 0.1) is 27.4 Å². The van der Waals surface area contributed by atoms with Crippen LogP contribution < -0.4 is 9.47 Å². The first-order chi connectivity index (χ1) is 12.7. The van der Waals surface area contributed by atoms with E-state index in [4.69, 9.17) is 14.2 Å². The van der Waals surface area contributed by atoms with Crippen LogP contribution in [0.4, 0.5) is 0 Å². The third kappa shape index (κ3) is 5.11. The van der Waals surface area contributed by atoms with Crippen LogP contribution in [-0.4, -0.2) is 69.3 Å². The summed E-state index contributed by atoms with van der Waals surface area (Å²) in [5.74, 6) is 1.95. The number of amides is 1. The molecule has 1 saturated heterocycles. The Morgan fingerprint density at radius 3 is 2.58 bits per heavy atom. The van der Waals surface area contributed by atoms with Crippen LogP contribution in [0, 0.1) is 5.92 Å². The van der Waals surface area contributed by atoms with Gasteiger partial charge in [-0.2, -0.15) is 0 Å². The van der Waals surface area contributed by atoms with Crippen molar-refractivity contribution in [3.05, 3.63) is 23.8 Å². The van der Waals surface area contributed by atoms with Gasteiger partial charge in [0.1, 0.15) is 0 Å². The van der Waals surface area contributed by atoms with Crippen LogP contribution in [0.3, 0.4) is 0 Å². The second-order valence-corrected chi connectivity index (χ2v) is 7.03. The molecule has 26 heavy (non-hydrogen) atoms. The molecule has 0 bridgehead atoms. The van der Waals surface area contributed by atoms with Gasteiger partial charge in [-0.15, -0.1) is 0 Å². The number of hydrogen-bond acceptors (Lipinski definition) is 5. The number of morpholine rings is 1. The Balaban J connectivity index is 1.59. The van der Waals surface area contributed by atoms with Gasteiger partial charge in [-0.1, -0.05) is 6.07 Å². The Morgan fingerprint density at radius 1 is 1.19 bits per heavy atom. The first kappa shape index (κ1) is 19.0. The minimum absolute atomic E-state index is 0.235. The maximum Gasteiger partial charge on any atom is 0.225 e. The van der Waals surface area contributed by atoms with Gasteiger partial charge in [0.15, 0.2) is 11.5 Å². The highest BCUT2D eigenvalue weighted by atomic mass is 16.5. The van der Waals surface area contributed by atoms with E-state index in [0.717, 1.165) is 64.2 Å². The van der Waals surface area contributed by atoms with E-state index in [0.29, 0.717) is 24.0 Å². The first-order valence-electron chi connectivity index (χ1n) is 9.51. The van der Waals surface area contributed by atoms with E-state index in [-0.39, 0.29) is 5.92 Å². The van der Waals surface area contributed by atoms with E-state index in [1.54, 1.807) is 14.2 Å². The highest BCUT2D eigenvalue weighted by molar-refractivity contribution is 5.81. The molecule has 0 atom stereocenters. The van der Waals surface area contributed by atoms with Crippen molar-refractivity contribution in [2.24, 2.45) is 5.92 Å². The van der Waals surface area contributed by atoms with E-state index >= 15 is 0 Å². The molecule has 0 spiro atoms. The lowest BCUT2D eigenvalue weighted by Gasteiger charge is -2.28. The number of hydrogen-bond donors (Lipinski definition) is 0. The summed E-state index contributed by atoms with van der Waals surface area (Å²) in [5.41, 5.74) is 1.07. The summed E-state index contributed by atoms with van der Waals surface area (Å²) in [6, 6.07) is 5.88. The predicted octanol–water partition coefficient (Wildman–Crippen LogP) is 2.16. The minimum Gasteiger partial charge on any atom is -0.493 e. The fourth-order valence-electron chi connectivity index (χ4n) is 3.36. The van der Waals surface area contributed by atoms with Crippen molar-refractivity contribution < 1.29 is 19.0 Å². The molecule has 144 valence electrons. The van der Waals surface area contributed by atoms with Crippen molar-refractivity contribution in [1.82, 2.24) is 9.80 Å². The van der Waals surface area contributed by atoms with Gasteiger partial charge in [-0.3, -0.25) is 9.69 Å². The summed E-state index contributed by atoms with van der Waals surface area (Å²) in [5, 5.41) is 0. The van der Waals surface area contributed by atoms with Crippen LogP contribution in [0.15, 0.2) is 18.2 Å². The molecule has 1 amide bonds. The predicted molar refractivity (Wildman–Crippen MR) is 99.6 cm³/mol. The van der Waals surface area contributed by atoms with Gasteiger partial charge < -0.3 is 19.1 Å². The molecule has 6 heteroatoms. The Bertz CT molecular complexity index is 597. The largest absolute Gasteiger partial charge is 0.493 e. The highest BCUT2D eigenvalue weighted by Gasteiger charge is 2.33. The molecule has 2 aliphatic rings. The van der Waals surface area contributed by atoms with Crippen molar-refractivity contribution in [2.75, 3.05) is 53.6 Å². The normalized spacial score (nSPS) is 17.8. The van der Waals surface area contributed by atoms with Gasteiger partial charge in [-0.25, -0.2) is 0 Å². The number of benzene rings is 1. The number of ether oxygens (including phenoxy) is 3. The van der Waals surface area contributed by atoms with Gasteiger partial charge in [-0.05, 0) is 37.0 Å². The van der Waals surface area contributed by atoms with Crippen LogP contribution in [-0.2, 0) is 16.1 Å².